The van der Waals surface area contributed by atoms with Crippen molar-refractivity contribution >= 4 is 22.7 Å². The Morgan fingerprint density at radius 3 is 2.75 bits per heavy atom. The molecule has 2 aromatic rings. The first-order valence-electron chi connectivity index (χ1n) is 7.48. The Balaban J connectivity index is 1.95. The van der Waals surface area contributed by atoms with Gasteiger partial charge in [-0.3, -0.25) is 14.6 Å². The number of H-pyrrole nitrogens is 1. The molecular formula is C15H15F3N4O2. The molecule has 1 aliphatic heterocycles. The van der Waals surface area contributed by atoms with Gasteiger partial charge < -0.3 is 9.88 Å². The number of carbonyl (C=O) groups is 2. The Bertz CT molecular complexity index is 800. The van der Waals surface area contributed by atoms with Gasteiger partial charge in [0.1, 0.15) is 11.3 Å². The number of likely N-dealkylation sites (tertiary alicyclic amines) is 1. The molecule has 24 heavy (non-hydrogen) atoms. The van der Waals surface area contributed by atoms with E-state index in [0.717, 1.165) is 0 Å². The number of hydrogen-bond acceptors (Lipinski definition) is 4. The number of nitrogens with one attached hydrogen (secondary N) is 1. The summed E-state index contributed by atoms with van der Waals surface area (Å²) in [6.45, 7) is 2.20. The zero-order chi connectivity index (χ0) is 17.5. The zero-order valence-electron chi connectivity index (χ0n) is 12.9. The molecule has 3 heterocycles. The van der Waals surface area contributed by atoms with Crippen LogP contribution in [0.5, 0.6) is 0 Å². The Morgan fingerprint density at radius 2 is 2.08 bits per heavy atom. The lowest BCUT2D eigenvalue weighted by atomic mass is 9.94. The van der Waals surface area contributed by atoms with Gasteiger partial charge in [-0.25, -0.2) is 4.98 Å². The highest BCUT2D eigenvalue weighted by atomic mass is 19.4. The third kappa shape index (κ3) is 2.98. The molecule has 1 amide bonds. The van der Waals surface area contributed by atoms with E-state index in [-0.39, 0.29) is 34.8 Å². The lowest BCUT2D eigenvalue weighted by Crippen LogP contribution is -2.42. The van der Waals surface area contributed by atoms with Crippen molar-refractivity contribution in [3.8, 4) is 0 Å². The van der Waals surface area contributed by atoms with Crippen molar-refractivity contribution in [3.05, 3.63) is 23.8 Å². The van der Waals surface area contributed by atoms with E-state index in [9.17, 15) is 22.8 Å². The van der Waals surface area contributed by atoms with Crippen LogP contribution in [0.4, 0.5) is 13.2 Å². The molecule has 0 aromatic carbocycles. The molecule has 9 heteroatoms. The van der Waals surface area contributed by atoms with Gasteiger partial charge in [-0.2, -0.15) is 13.2 Å². The number of Topliss-reactive ketones (excluding diaryl/α,β-unsaturated/α-hetero) is 1. The molecule has 0 saturated carbocycles. The summed E-state index contributed by atoms with van der Waals surface area (Å²) < 4.78 is 38.4. The van der Waals surface area contributed by atoms with Gasteiger partial charge in [0, 0.05) is 25.2 Å². The summed E-state index contributed by atoms with van der Waals surface area (Å²) >= 11 is 0. The van der Waals surface area contributed by atoms with Crippen molar-refractivity contribution in [1.29, 1.82) is 0 Å². The summed E-state index contributed by atoms with van der Waals surface area (Å²) in [5, 5.41) is 0. The van der Waals surface area contributed by atoms with E-state index in [2.05, 4.69) is 15.0 Å². The molecule has 1 aliphatic rings. The molecule has 1 atom stereocenters. The maximum atomic E-state index is 12.8. The van der Waals surface area contributed by atoms with E-state index in [1.165, 1.54) is 24.2 Å². The number of imidazole rings is 1. The van der Waals surface area contributed by atoms with Crippen LogP contribution in [0.15, 0.2) is 12.4 Å². The summed E-state index contributed by atoms with van der Waals surface area (Å²) in [6.07, 6.45) is -0.841. The van der Waals surface area contributed by atoms with E-state index in [1.54, 1.807) is 0 Å². The molecule has 6 nitrogen and oxygen atoms in total. The highest BCUT2D eigenvalue weighted by Crippen LogP contribution is 2.29. The molecule has 0 radical (unpaired) electrons. The van der Waals surface area contributed by atoms with Crippen molar-refractivity contribution < 1.29 is 22.8 Å². The largest absolute Gasteiger partial charge is 0.449 e. The Hall–Kier alpha value is -2.45. The number of rotatable bonds is 2. The average molecular weight is 340 g/mol. The first-order chi connectivity index (χ1) is 11.3. The lowest BCUT2D eigenvalue weighted by Gasteiger charge is -2.31. The first kappa shape index (κ1) is 16.4. The van der Waals surface area contributed by atoms with Crippen LogP contribution in [0.2, 0.25) is 0 Å². The van der Waals surface area contributed by atoms with Crippen molar-refractivity contribution in [2.75, 3.05) is 13.1 Å². The Kier molecular flexibility index (Phi) is 4.02. The standard InChI is InChI=1S/C15H15F3N4O2/c1-8(23)9-3-2-4-22(7-9)13(24)10-5-19-6-11-12(10)21-14(20-11)15(16,17)18/h5-6,9H,2-4,7H2,1H3,(H,20,21). The molecule has 0 bridgehead atoms. The van der Waals surface area contributed by atoms with Gasteiger partial charge in [0.25, 0.3) is 5.91 Å². The molecule has 2 aromatic heterocycles. The van der Waals surface area contributed by atoms with Crippen LogP contribution >= 0.6 is 0 Å². The highest BCUT2D eigenvalue weighted by Gasteiger charge is 2.36. The molecule has 0 spiro atoms. The quantitative estimate of drug-likeness (QED) is 0.911. The van der Waals surface area contributed by atoms with Gasteiger partial charge in [0.15, 0.2) is 0 Å². The van der Waals surface area contributed by atoms with Crippen molar-refractivity contribution in [2.24, 2.45) is 5.92 Å². The van der Waals surface area contributed by atoms with E-state index in [0.29, 0.717) is 19.4 Å². The number of piperidine rings is 1. The van der Waals surface area contributed by atoms with Gasteiger partial charge in [-0.1, -0.05) is 0 Å². The van der Waals surface area contributed by atoms with Crippen LogP contribution in [0.3, 0.4) is 0 Å². The van der Waals surface area contributed by atoms with E-state index >= 15 is 0 Å². The number of pyridine rings is 1. The topological polar surface area (TPSA) is 79.0 Å². The molecule has 1 fully saturated rings. The SMILES string of the molecule is CC(=O)C1CCCN(C(=O)c2cncc3[nH]c(C(F)(F)F)nc23)C1. The minimum Gasteiger partial charge on any atom is -0.338 e. The summed E-state index contributed by atoms with van der Waals surface area (Å²) in [5.74, 6) is -1.86. The summed E-state index contributed by atoms with van der Waals surface area (Å²) in [7, 11) is 0. The van der Waals surface area contributed by atoms with Gasteiger partial charge in [-0.05, 0) is 19.8 Å². The summed E-state index contributed by atoms with van der Waals surface area (Å²) in [5.41, 5.74) is -0.0102. The number of nitrogens with zero attached hydrogens (tertiary/aromatic N) is 3. The van der Waals surface area contributed by atoms with Crippen molar-refractivity contribution in [3.63, 3.8) is 0 Å². The van der Waals surface area contributed by atoms with Crippen LogP contribution in [0.25, 0.3) is 11.0 Å². The summed E-state index contributed by atoms with van der Waals surface area (Å²) in [6, 6.07) is 0. The Morgan fingerprint density at radius 1 is 1.33 bits per heavy atom. The number of halogens is 3. The molecule has 1 saturated heterocycles. The molecular weight excluding hydrogens is 325 g/mol. The third-order valence-corrected chi connectivity index (χ3v) is 4.18. The first-order valence-corrected chi connectivity index (χ1v) is 7.48. The Labute approximate surface area is 135 Å². The maximum Gasteiger partial charge on any atom is 0.449 e. The second-order valence-electron chi connectivity index (χ2n) is 5.87. The predicted molar refractivity (Wildman–Crippen MR) is 78.2 cm³/mol. The molecule has 0 aliphatic carbocycles. The molecule has 1 N–H and O–H groups in total. The van der Waals surface area contributed by atoms with E-state index in [4.69, 9.17) is 0 Å². The zero-order valence-corrected chi connectivity index (χ0v) is 12.9. The number of aromatic amines is 1. The number of aromatic nitrogens is 3. The summed E-state index contributed by atoms with van der Waals surface area (Å²) in [4.78, 5) is 35.2. The minimum absolute atomic E-state index is 0.00274. The molecule has 128 valence electrons. The minimum atomic E-state index is -4.63. The number of ketones is 1. The normalized spacial score (nSPS) is 18.8. The fourth-order valence-electron chi connectivity index (χ4n) is 2.89. The number of fused-ring (bicyclic) bond motifs is 1. The van der Waals surface area contributed by atoms with Crippen LogP contribution < -0.4 is 0 Å². The monoisotopic (exact) mass is 340 g/mol. The third-order valence-electron chi connectivity index (χ3n) is 4.18. The predicted octanol–water partition coefficient (Wildman–Crippen LogP) is 2.42. The van der Waals surface area contributed by atoms with Gasteiger partial charge in [-0.15, -0.1) is 0 Å². The van der Waals surface area contributed by atoms with Crippen LogP contribution in [0.1, 0.15) is 35.9 Å². The molecule has 1 unspecified atom stereocenters. The van der Waals surface area contributed by atoms with Gasteiger partial charge >= 0.3 is 6.18 Å². The smallest absolute Gasteiger partial charge is 0.338 e. The maximum absolute atomic E-state index is 12.8. The number of alkyl halides is 3. The number of hydrogen-bond donors (Lipinski definition) is 1. The van der Waals surface area contributed by atoms with E-state index in [1.807, 2.05) is 0 Å². The van der Waals surface area contributed by atoms with Crippen LogP contribution in [0, 0.1) is 5.92 Å². The average Bonchev–Trinajstić information content (AvgIpc) is 2.98. The van der Waals surface area contributed by atoms with Crippen LogP contribution in [-0.4, -0.2) is 44.6 Å². The van der Waals surface area contributed by atoms with Gasteiger partial charge in [0.2, 0.25) is 5.82 Å². The number of amides is 1. The number of carbonyl (C=O) groups excluding carboxylic acids is 2. The van der Waals surface area contributed by atoms with E-state index < -0.39 is 17.9 Å². The fraction of sp³-hybridized carbons (Fsp3) is 0.467. The van der Waals surface area contributed by atoms with Crippen molar-refractivity contribution in [2.45, 2.75) is 25.9 Å². The van der Waals surface area contributed by atoms with Crippen LogP contribution in [-0.2, 0) is 11.0 Å². The second kappa shape index (κ2) is 5.88. The van der Waals surface area contributed by atoms with Crippen molar-refractivity contribution in [1.82, 2.24) is 19.9 Å². The van der Waals surface area contributed by atoms with Gasteiger partial charge in [0.05, 0.1) is 17.3 Å². The molecule has 3 rings (SSSR count). The lowest BCUT2D eigenvalue weighted by molar-refractivity contribution is -0.144. The fourth-order valence-corrected chi connectivity index (χ4v) is 2.89. The second-order valence-corrected chi connectivity index (χ2v) is 5.87. The highest BCUT2D eigenvalue weighted by molar-refractivity contribution is 6.04.